The first-order chi connectivity index (χ1) is 7.90. The SMILES string of the molecule is N#Cc1ncccc1NCc1ccncn1. The van der Waals surface area contributed by atoms with Crippen molar-refractivity contribution in [3.63, 3.8) is 0 Å². The fourth-order valence-corrected chi connectivity index (χ4v) is 1.25. The lowest BCUT2D eigenvalue weighted by Crippen LogP contribution is -2.03. The van der Waals surface area contributed by atoms with Gasteiger partial charge >= 0.3 is 0 Å². The Labute approximate surface area is 92.8 Å². The van der Waals surface area contributed by atoms with E-state index in [0.29, 0.717) is 17.9 Å². The molecule has 0 atom stereocenters. The Morgan fingerprint density at radius 3 is 2.94 bits per heavy atom. The molecule has 2 rings (SSSR count). The van der Waals surface area contributed by atoms with Gasteiger partial charge in [0.25, 0.3) is 0 Å². The predicted octanol–water partition coefficient (Wildman–Crippen LogP) is 1.36. The van der Waals surface area contributed by atoms with Gasteiger partial charge in [0.15, 0.2) is 5.69 Å². The summed E-state index contributed by atoms with van der Waals surface area (Å²) in [6, 6.07) is 7.43. The van der Waals surface area contributed by atoms with Crippen LogP contribution in [0.5, 0.6) is 0 Å². The molecule has 2 heterocycles. The number of hydrogen-bond donors (Lipinski definition) is 1. The Hall–Kier alpha value is -2.48. The van der Waals surface area contributed by atoms with Crippen molar-refractivity contribution in [2.75, 3.05) is 5.32 Å². The lowest BCUT2D eigenvalue weighted by molar-refractivity contribution is 1.00. The first-order valence-electron chi connectivity index (χ1n) is 4.74. The van der Waals surface area contributed by atoms with Crippen molar-refractivity contribution in [3.8, 4) is 6.07 Å². The van der Waals surface area contributed by atoms with Crippen LogP contribution in [0.3, 0.4) is 0 Å². The first kappa shape index (κ1) is 10.1. The van der Waals surface area contributed by atoms with Gasteiger partial charge in [0.05, 0.1) is 17.9 Å². The molecule has 0 aromatic carbocycles. The van der Waals surface area contributed by atoms with E-state index >= 15 is 0 Å². The van der Waals surface area contributed by atoms with E-state index in [0.717, 1.165) is 5.69 Å². The van der Waals surface area contributed by atoms with Gasteiger partial charge in [0, 0.05) is 12.4 Å². The topological polar surface area (TPSA) is 74.5 Å². The van der Waals surface area contributed by atoms with E-state index < -0.39 is 0 Å². The molecule has 78 valence electrons. The molecule has 5 nitrogen and oxygen atoms in total. The van der Waals surface area contributed by atoms with Gasteiger partial charge < -0.3 is 5.32 Å². The van der Waals surface area contributed by atoms with Crippen LogP contribution in [-0.4, -0.2) is 15.0 Å². The molecule has 16 heavy (non-hydrogen) atoms. The molecular weight excluding hydrogens is 202 g/mol. The van der Waals surface area contributed by atoms with Gasteiger partial charge in [-0.25, -0.2) is 15.0 Å². The molecule has 0 radical (unpaired) electrons. The molecule has 0 saturated heterocycles. The highest BCUT2D eigenvalue weighted by atomic mass is 14.9. The fraction of sp³-hybridized carbons (Fsp3) is 0.0909. The molecule has 0 unspecified atom stereocenters. The number of nitrogens with one attached hydrogen (secondary N) is 1. The standard InChI is InChI=1S/C11H9N5/c12-6-11-10(2-1-4-14-11)15-7-9-3-5-13-8-16-9/h1-5,8,15H,7H2. The molecule has 5 heteroatoms. The summed E-state index contributed by atoms with van der Waals surface area (Å²) in [4.78, 5) is 11.9. The second kappa shape index (κ2) is 4.84. The van der Waals surface area contributed by atoms with Crippen LogP contribution >= 0.6 is 0 Å². The minimum absolute atomic E-state index is 0.386. The summed E-state index contributed by atoms with van der Waals surface area (Å²) >= 11 is 0. The third-order valence-corrected chi connectivity index (χ3v) is 2.02. The normalized spacial score (nSPS) is 9.44. The fourth-order valence-electron chi connectivity index (χ4n) is 1.25. The van der Waals surface area contributed by atoms with Gasteiger partial charge in [-0.15, -0.1) is 0 Å². The molecule has 0 saturated carbocycles. The van der Waals surface area contributed by atoms with Gasteiger partial charge in [-0.3, -0.25) is 0 Å². The third kappa shape index (κ3) is 2.30. The van der Waals surface area contributed by atoms with Crippen molar-refractivity contribution in [1.29, 1.82) is 5.26 Å². The average Bonchev–Trinajstić information content (AvgIpc) is 2.38. The Kier molecular flexibility index (Phi) is 3.04. The van der Waals surface area contributed by atoms with E-state index in [-0.39, 0.29) is 0 Å². The van der Waals surface area contributed by atoms with Crippen LogP contribution in [0.15, 0.2) is 36.9 Å². The first-order valence-corrected chi connectivity index (χ1v) is 4.74. The Balaban J connectivity index is 2.09. The van der Waals surface area contributed by atoms with Gasteiger partial charge in [-0.05, 0) is 18.2 Å². The predicted molar refractivity (Wildman–Crippen MR) is 58.3 cm³/mol. The summed E-state index contributed by atoms with van der Waals surface area (Å²) in [7, 11) is 0. The van der Waals surface area contributed by atoms with Crippen LogP contribution in [0.2, 0.25) is 0 Å². The minimum atomic E-state index is 0.386. The number of rotatable bonds is 3. The van der Waals surface area contributed by atoms with Crippen LogP contribution in [0.25, 0.3) is 0 Å². The quantitative estimate of drug-likeness (QED) is 0.829. The lowest BCUT2D eigenvalue weighted by atomic mass is 10.3. The smallest absolute Gasteiger partial charge is 0.163 e. The highest BCUT2D eigenvalue weighted by Gasteiger charge is 2.01. The zero-order valence-corrected chi connectivity index (χ0v) is 8.46. The van der Waals surface area contributed by atoms with E-state index in [1.54, 1.807) is 18.5 Å². The van der Waals surface area contributed by atoms with Crippen LogP contribution in [0, 0.1) is 11.3 Å². The monoisotopic (exact) mass is 211 g/mol. The highest BCUT2D eigenvalue weighted by Crippen LogP contribution is 2.11. The zero-order chi connectivity index (χ0) is 11.2. The zero-order valence-electron chi connectivity index (χ0n) is 8.46. The number of hydrogen-bond acceptors (Lipinski definition) is 5. The Bertz CT molecular complexity index is 503. The van der Waals surface area contributed by atoms with E-state index in [9.17, 15) is 0 Å². The Morgan fingerprint density at radius 2 is 2.19 bits per heavy atom. The summed E-state index contributed by atoms with van der Waals surface area (Å²) < 4.78 is 0. The van der Waals surface area contributed by atoms with Crippen molar-refractivity contribution >= 4 is 5.69 Å². The van der Waals surface area contributed by atoms with Crippen LogP contribution in [0.1, 0.15) is 11.4 Å². The van der Waals surface area contributed by atoms with Gasteiger partial charge in [-0.2, -0.15) is 5.26 Å². The van der Waals surface area contributed by atoms with E-state index in [1.807, 2.05) is 18.2 Å². The molecule has 2 aromatic rings. The van der Waals surface area contributed by atoms with Crippen molar-refractivity contribution in [2.45, 2.75) is 6.54 Å². The minimum Gasteiger partial charge on any atom is -0.377 e. The highest BCUT2D eigenvalue weighted by molar-refractivity contribution is 5.53. The largest absolute Gasteiger partial charge is 0.377 e. The number of pyridine rings is 1. The number of aromatic nitrogens is 3. The molecule has 0 aliphatic carbocycles. The van der Waals surface area contributed by atoms with Gasteiger partial charge in [-0.1, -0.05) is 0 Å². The molecule has 2 aromatic heterocycles. The molecule has 0 spiro atoms. The maximum absolute atomic E-state index is 8.84. The molecular formula is C11H9N5. The molecule has 1 N–H and O–H groups in total. The Morgan fingerprint density at radius 1 is 1.25 bits per heavy atom. The summed E-state index contributed by atoms with van der Waals surface area (Å²) in [5.41, 5.74) is 1.96. The second-order valence-electron chi connectivity index (χ2n) is 3.07. The van der Waals surface area contributed by atoms with Crippen molar-refractivity contribution in [1.82, 2.24) is 15.0 Å². The summed E-state index contributed by atoms with van der Waals surface area (Å²) in [6.45, 7) is 0.545. The number of anilines is 1. The lowest BCUT2D eigenvalue weighted by Gasteiger charge is -2.05. The van der Waals surface area contributed by atoms with Crippen LogP contribution < -0.4 is 5.32 Å². The van der Waals surface area contributed by atoms with E-state index in [1.165, 1.54) is 6.33 Å². The summed E-state index contributed by atoms with van der Waals surface area (Å²) in [5.74, 6) is 0. The van der Waals surface area contributed by atoms with Crippen molar-refractivity contribution < 1.29 is 0 Å². The van der Waals surface area contributed by atoms with E-state index in [2.05, 4.69) is 20.3 Å². The average molecular weight is 211 g/mol. The molecule has 0 aliphatic rings. The second-order valence-corrected chi connectivity index (χ2v) is 3.07. The molecule has 0 aliphatic heterocycles. The van der Waals surface area contributed by atoms with Crippen molar-refractivity contribution in [3.05, 3.63) is 48.3 Å². The van der Waals surface area contributed by atoms with Crippen LogP contribution in [-0.2, 0) is 6.54 Å². The number of nitriles is 1. The molecule has 0 amide bonds. The van der Waals surface area contributed by atoms with Gasteiger partial charge in [0.2, 0.25) is 0 Å². The van der Waals surface area contributed by atoms with Crippen molar-refractivity contribution in [2.24, 2.45) is 0 Å². The summed E-state index contributed by atoms with van der Waals surface area (Å²) in [5, 5.41) is 11.9. The number of nitrogens with zero attached hydrogens (tertiary/aromatic N) is 4. The summed E-state index contributed by atoms with van der Waals surface area (Å²) in [6.07, 6.45) is 4.76. The molecule has 0 bridgehead atoms. The van der Waals surface area contributed by atoms with E-state index in [4.69, 9.17) is 5.26 Å². The molecule has 0 fully saturated rings. The maximum Gasteiger partial charge on any atom is 0.163 e. The third-order valence-electron chi connectivity index (χ3n) is 2.02. The maximum atomic E-state index is 8.84. The van der Waals surface area contributed by atoms with Crippen LogP contribution in [0.4, 0.5) is 5.69 Å². The van der Waals surface area contributed by atoms with Gasteiger partial charge in [0.1, 0.15) is 12.4 Å².